The molecule has 1 rings (SSSR count). The highest BCUT2D eigenvalue weighted by Gasteiger charge is 2.16. The van der Waals surface area contributed by atoms with Crippen molar-refractivity contribution in [2.75, 3.05) is 19.6 Å². The van der Waals surface area contributed by atoms with Gasteiger partial charge in [-0.1, -0.05) is 26.7 Å². The van der Waals surface area contributed by atoms with E-state index in [1.54, 1.807) is 0 Å². The molecule has 0 unspecified atom stereocenters. The minimum absolute atomic E-state index is 1.02. The fourth-order valence-corrected chi connectivity index (χ4v) is 2.04. The largest absolute Gasteiger partial charge is 0.304 e. The van der Waals surface area contributed by atoms with Gasteiger partial charge in [0.05, 0.1) is 0 Å². The van der Waals surface area contributed by atoms with Gasteiger partial charge in [-0.2, -0.15) is 0 Å². The Morgan fingerprint density at radius 3 is 2.09 bits per heavy atom. The highest BCUT2D eigenvalue weighted by atomic mass is 15.1. The Hall–Kier alpha value is -0.0400. The van der Waals surface area contributed by atoms with E-state index < -0.39 is 0 Å². The zero-order chi connectivity index (χ0) is 8.10. The van der Waals surface area contributed by atoms with E-state index in [4.69, 9.17) is 0 Å². The van der Waals surface area contributed by atoms with Gasteiger partial charge in [0.25, 0.3) is 0 Å². The van der Waals surface area contributed by atoms with Gasteiger partial charge in [-0.25, -0.2) is 0 Å². The quantitative estimate of drug-likeness (QED) is 0.603. The van der Waals surface area contributed by atoms with Crippen LogP contribution in [0.4, 0.5) is 0 Å². The molecule has 0 radical (unpaired) electrons. The van der Waals surface area contributed by atoms with E-state index in [0.717, 1.165) is 5.92 Å². The third-order valence-electron chi connectivity index (χ3n) is 2.89. The van der Waals surface area contributed by atoms with E-state index in [9.17, 15) is 0 Å². The molecule has 0 aromatic rings. The Morgan fingerprint density at radius 1 is 1.09 bits per heavy atom. The predicted octanol–water partition coefficient (Wildman–Crippen LogP) is 2.52. The Bertz CT molecular complexity index is 91.0. The first-order valence-electron chi connectivity index (χ1n) is 5.09. The number of hydrogen-bond acceptors (Lipinski definition) is 1. The van der Waals surface area contributed by atoms with E-state index in [1.165, 1.54) is 45.3 Å². The molecule has 0 bridgehead atoms. The Balaban J connectivity index is 2.16. The van der Waals surface area contributed by atoms with Crippen molar-refractivity contribution in [2.45, 2.75) is 39.5 Å². The first-order valence-corrected chi connectivity index (χ1v) is 5.09. The van der Waals surface area contributed by atoms with Crippen LogP contribution in [0.5, 0.6) is 0 Å². The average molecular weight is 155 g/mol. The molecule has 0 saturated heterocycles. The summed E-state index contributed by atoms with van der Waals surface area (Å²) < 4.78 is 0. The van der Waals surface area contributed by atoms with Crippen molar-refractivity contribution in [3.8, 4) is 0 Å². The summed E-state index contributed by atoms with van der Waals surface area (Å²) in [6, 6.07) is 0. The highest BCUT2D eigenvalue weighted by molar-refractivity contribution is 4.70. The van der Waals surface area contributed by atoms with E-state index in [1.807, 2.05) is 0 Å². The van der Waals surface area contributed by atoms with Crippen LogP contribution in [0.3, 0.4) is 0 Å². The summed E-state index contributed by atoms with van der Waals surface area (Å²) in [6.45, 7) is 8.34. The molecule has 0 aromatic carbocycles. The van der Waals surface area contributed by atoms with Gasteiger partial charge in [0, 0.05) is 6.54 Å². The molecule has 0 spiro atoms. The minimum atomic E-state index is 1.02. The second kappa shape index (κ2) is 4.76. The van der Waals surface area contributed by atoms with Crippen LogP contribution in [0.2, 0.25) is 0 Å². The van der Waals surface area contributed by atoms with Gasteiger partial charge in [0.2, 0.25) is 0 Å². The van der Waals surface area contributed by atoms with Crippen molar-refractivity contribution in [2.24, 2.45) is 5.92 Å². The van der Waals surface area contributed by atoms with Crippen molar-refractivity contribution in [3.05, 3.63) is 0 Å². The number of nitrogens with zero attached hydrogens (tertiary/aromatic N) is 1. The van der Waals surface area contributed by atoms with Crippen LogP contribution in [0.1, 0.15) is 39.5 Å². The monoisotopic (exact) mass is 155 g/mol. The number of rotatable bonds is 4. The third-order valence-corrected chi connectivity index (χ3v) is 2.89. The topological polar surface area (TPSA) is 3.24 Å². The van der Waals surface area contributed by atoms with Gasteiger partial charge in [-0.15, -0.1) is 0 Å². The number of hydrogen-bond donors (Lipinski definition) is 0. The minimum Gasteiger partial charge on any atom is -0.304 e. The fraction of sp³-hybridized carbons (Fsp3) is 1.00. The molecule has 1 fully saturated rings. The molecular formula is C10H21N. The van der Waals surface area contributed by atoms with Crippen LogP contribution in [0, 0.1) is 5.92 Å². The summed E-state index contributed by atoms with van der Waals surface area (Å²) in [5, 5.41) is 0. The van der Waals surface area contributed by atoms with Gasteiger partial charge in [0.15, 0.2) is 0 Å². The molecule has 1 aliphatic rings. The molecule has 0 atom stereocenters. The molecule has 1 nitrogen and oxygen atoms in total. The Labute approximate surface area is 70.8 Å². The van der Waals surface area contributed by atoms with Gasteiger partial charge in [-0.05, 0) is 31.8 Å². The summed E-state index contributed by atoms with van der Waals surface area (Å²) in [7, 11) is 0. The molecule has 1 heteroatoms. The maximum atomic E-state index is 2.55. The van der Waals surface area contributed by atoms with E-state index in [2.05, 4.69) is 18.7 Å². The summed E-state index contributed by atoms with van der Waals surface area (Å²) in [6.07, 6.45) is 5.92. The molecule has 0 amide bonds. The van der Waals surface area contributed by atoms with Crippen LogP contribution in [-0.2, 0) is 0 Å². The average Bonchev–Trinajstić information content (AvgIpc) is 2.52. The first kappa shape index (κ1) is 9.05. The maximum absolute atomic E-state index is 2.55. The summed E-state index contributed by atoms with van der Waals surface area (Å²) in [5.41, 5.74) is 0. The van der Waals surface area contributed by atoms with Crippen molar-refractivity contribution in [3.63, 3.8) is 0 Å². The molecule has 1 saturated carbocycles. The molecule has 0 heterocycles. The lowest BCUT2D eigenvalue weighted by molar-refractivity contribution is 0.254. The highest BCUT2D eigenvalue weighted by Crippen LogP contribution is 2.25. The second-order valence-corrected chi connectivity index (χ2v) is 3.64. The normalized spacial score (nSPS) is 19.9. The smallest absolute Gasteiger partial charge is 0.000942 e. The van der Waals surface area contributed by atoms with Crippen LogP contribution in [0.25, 0.3) is 0 Å². The predicted molar refractivity (Wildman–Crippen MR) is 49.7 cm³/mol. The van der Waals surface area contributed by atoms with Crippen molar-refractivity contribution in [1.29, 1.82) is 0 Å². The fourth-order valence-electron chi connectivity index (χ4n) is 2.04. The second-order valence-electron chi connectivity index (χ2n) is 3.64. The molecule has 0 N–H and O–H groups in total. The van der Waals surface area contributed by atoms with Gasteiger partial charge < -0.3 is 4.90 Å². The van der Waals surface area contributed by atoms with E-state index in [-0.39, 0.29) is 0 Å². The molecule has 0 aromatic heterocycles. The standard InChI is InChI=1S/C10H21N/c1-3-11(4-2)9-10-7-5-6-8-10/h10H,3-9H2,1-2H3. The van der Waals surface area contributed by atoms with Crippen LogP contribution < -0.4 is 0 Å². The van der Waals surface area contributed by atoms with Crippen molar-refractivity contribution in [1.82, 2.24) is 4.90 Å². The van der Waals surface area contributed by atoms with E-state index >= 15 is 0 Å². The summed E-state index contributed by atoms with van der Waals surface area (Å²) >= 11 is 0. The lowest BCUT2D eigenvalue weighted by Crippen LogP contribution is -2.28. The Morgan fingerprint density at radius 2 is 1.64 bits per heavy atom. The third kappa shape index (κ3) is 2.82. The zero-order valence-electron chi connectivity index (χ0n) is 7.97. The van der Waals surface area contributed by atoms with Crippen molar-refractivity contribution < 1.29 is 0 Å². The van der Waals surface area contributed by atoms with Crippen LogP contribution in [0.15, 0.2) is 0 Å². The van der Waals surface area contributed by atoms with Crippen LogP contribution >= 0.6 is 0 Å². The lowest BCUT2D eigenvalue weighted by Gasteiger charge is -2.21. The zero-order valence-corrected chi connectivity index (χ0v) is 7.97. The molecular weight excluding hydrogens is 134 g/mol. The van der Waals surface area contributed by atoms with E-state index in [0.29, 0.717) is 0 Å². The van der Waals surface area contributed by atoms with Crippen molar-refractivity contribution >= 4 is 0 Å². The van der Waals surface area contributed by atoms with Gasteiger partial charge in [0.1, 0.15) is 0 Å². The SMILES string of the molecule is CCN(CC)CC1CCCC1. The Kier molecular flexibility index (Phi) is 3.92. The molecule has 11 heavy (non-hydrogen) atoms. The maximum Gasteiger partial charge on any atom is 0.000942 e. The molecule has 1 aliphatic carbocycles. The van der Waals surface area contributed by atoms with Gasteiger partial charge >= 0.3 is 0 Å². The molecule has 0 aliphatic heterocycles. The molecule has 66 valence electrons. The van der Waals surface area contributed by atoms with Gasteiger partial charge in [-0.3, -0.25) is 0 Å². The first-order chi connectivity index (χ1) is 5.36. The lowest BCUT2D eigenvalue weighted by atomic mass is 10.1. The summed E-state index contributed by atoms with van der Waals surface area (Å²) in [4.78, 5) is 2.55. The summed E-state index contributed by atoms with van der Waals surface area (Å²) in [5.74, 6) is 1.02. The van der Waals surface area contributed by atoms with Crippen LogP contribution in [-0.4, -0.2) is 24.5 Å².